The van der Waals surface area contributed by atoms with E-state index in [1.54, 1.807) is 6.92 Å². The first-order valence-corrected chi connectivity index (χ1v) is 33.2. The van der Waals surface area contributed by atoms with Gasteiger partial charge >= 0.3 is 5.97 Å². The number of fused-ring (bicyclic) bond motifs is 7. The van der Waals surface area contributed by atoms with E-state index < -0.39 is 269 Å². The minimum atomic E-state index is -2.20. The average Bonchev–Trinajstić information content (AvgIpc) is 0.690. The fraction of sp³-hybridized carbons (Fsp3) is 0.952. The summed E-state index contributed by atoms with van der Waals surface area (Å²) in [5.41, 5.74) is -6.89. The normalized spacial score (nSPS) is 55.5. The molecule has 0 aromatic rings. The number of hydrogen-bond acceptors (Lipinski definition) is 32. The van der Waals surface area contributed by atoms with E-state index in [9.17, 15) is 97.0 Å². The number of hydrogen-bond donors (Lipinski definition) is 19. The summed E-state index contributed by atoms with van der Waals surface area (Å²) >= 11 is 0. The molecule has 4 saturated carbocycles. The van der Waals surface area contributed by atoms with Gasteiger partial charge in [0.15, 0.2) is 37.6 Å². The van der Waals surface area contributed by atoms with Gasteiger partial charge in [0.1, 0.15) is 115 Å². The van der Waals surface area contributed by atoms with E-state index in [2.05, 4.69) is 40.7 Å². The van der Waals surface area contributed by atoms with E-state index in [0.29, 0.717) is 32.1 Å². The molecule has 546 valence electrons. The molecule has 0 bridgehead atoms. The first-order chi connectivity index (χ1) is 44.5. The molecule has 95 heavy (non-hydrogen) atoms. The highest BCUT2D eigenvalue weighted by Gasteiger charge is 2.74. The smallest absolute Gasteiger partial charge is 0.317 e. The summed E-state index contributed by atoms with van der Waals surface area (Å²) in [7, 11) is 0. The Morgan fingerprint density at radius 3 is 1.75 bits per heavy atom. The summed E-state index contributed by atoms with van der Waals surface area (Å²) in [5.74, 6) is -2.22. The molecule has 0 radical (unpaired) electrons. The lowest BCUT2D eigenvalue weighted by atomic mass is 9.33. The number of esters is 1. The van der Waals surface area contributed by atoms with Gasteiger partial charge in [-0.05, 0) is 97.7 Å². The van der Waals surface area contributed by atoms with Crippen molar-refractivity contribution in [3.05, 3.63) is 11.6 Å². The van der Waals surface area contributed by atoms with Crippen LogP contribution in [0.4, 0.5) is 0 Å². The third-order valence-electron chi connectivity index (χ3n) is 24.7. The summed E-state index contributed by atoms with van der Waals surface area (Å²) in [6, 6.07) is 0. The summed E-state index contributed by atoms with van der Waals surface area (Å²) < 4.78 is 72.0. The summed E-state index contributed by atoms with van der Waals surface area (Å²) in [6.45, 7) is 8.89. The maximum Gasteiger partial charge on any atom is 0.317 e. The van der Waals surface area contributed by atoms with Crippen LogP contribution in [-0.2, 0) is 61.6 Å². The SMILES string of the molecule is CC1OC(OC2C(OC(=O)C34CCC(C)(C)CC3C3=CCC5C6(C)CC(O)C(OC7OC(CO)C(O)C(O)C7OC7OC(CO)C(O)C(O)C7O)C(C)(CO)C6CCC5(C)C3(C)CC4O)OCC(O)C2O)C(O)C(OC2OCC(O)(CO)C2O)C1OC1OCC(O)C(O)C1O. The van der Waals surface area contributed by atoms with E-state index in [4.69, 9.17) is 56.8 Å². The van der Waals surface area contributed by atoms with Gasteiger partial charge in [0.05, 0.1) is 70.7 Å². The van der Waals surface area contributed by atoms with Crippen LogP contribution in [0.15, 0.2) is 11.6 Å². The molecule has 0 aromatic heterocycles. The van der Waals surface area contributed by atoms with Crippen LogP contribution in [0, 0.1) is 50.2 Å². The predicted octanol–water partition coefficient (Wildman–Crippen LogP) is -6.53. The minimum absolute atomic E-state index is 0.0498. The molecule has 32 nitrogen and oxygen atoms in total. The second-order valence-electron chi connectivity index (χ2n) is 30.8. The number of allylic oxidation sites excluding steroid dienone is 2. The fourth-order valence-electron chi connectivity index (χ4n) is 18.8. The molecule has 10 fully saturated rings. The molecule has 0 amide bonds. The molecule has 19 N–H and O–H groups in total. The van der Waals surface area contributed by atoms with Crippen molar-refractivity contribution in [3.8, 4) is 0 Å². The second-order valence-corrected chi connectivity index (χ2v) is 30.8. The van der Waals surface area contributed by atoms with Gasteiger partial charge in [0, 0.05) is 5.41 Å². The van der Waals surface area contributed by atoms with Gasteiger partial charge in [-0.25, -0.2) is 0 Å². The van der Waals surface area contributed by atoms with Crippen LogP contribution < -0.4 is 0 Å². The lowest BCUT2D eigenvalue weighted by Gasteiger charge is -2.72. The highest BCUT2D eigenvalue weighted by molar-refractivity contribution is 5.80. The Morgan fingerprint density at radius 1 is 0.537 bits per heavy atom. The Labute approximate surface area is 548 Å². The largest absolute Gasteiger partial charge is 0.432 e. The van der Waals surface area contributed by atoms with E-state index in [1.165, 1.54) is 6.92 Å². The zero-order valence-corrected chi connectivity index (χ0v) is 54.4. The minimum Gasteiger partial charge on any atom is -0.432 e. The third-order valence-corrected chi connectivity index (χ3v) is 24.7. The second kappa shape index (κ2) is 27.3. The van der Waals surface area contributed by atoms with E-state index in [-0.39, 0.29) is 30.6 Å². The Bertz CT molecular complexity index is 2700. The van der Waals surface area contributed by atoms with Gasteiger partial charge < -0.3 is 154 Å². The molecule has 11 aliphatic rings. The Hall–Kier alpha value is -1.99. The van der Waals surface area contributed by atoms with Crippen LogP contribution in [-0.4, -0.2) is 327 Å². The quantitative estimate of drug-likeness (QED) is 0.0388. The molecule has 32 heteroatoms. The standard InChI is InChI=1S/C63H102O32/c1-24-44(90-50-41(78)35(72)28(69)19-84-50)45(91-55-48(81)62(83,22-67)23-86-55)43(80)52(87-24)92-46-36(73)29(70)20-85-53(46)95-56(82)63-13-12-57(2,3)14-26(63)25-8-9-33-58(4)15-27(68)49(59(5,21-66)32(58)10-11-60(33,6)61(25,7)16-34(63)71)94-54-47(40(77)38(75)31(18-65)89-54)93-51-42(79)39(76)37(74)30(17-64)88-51/h8,24,26-55,64-81,83H,9-23H2,1-7H3. The molecule has 5 aliphatic carbocycles. The number of carbonyl (C=O) groups excluding carboxylic acids is 1. The van der Waals surface area contributed by atoms with Crippen LogP contribution in [0.25, 0.3) is 0 Å². The van der Waals surface area contributed by atoms with E-state index in [1.807, 2.05) is 0 Å². The Morgan fingerprint density at radius 2 is 1.12 bits per heavy atom. The lowest BCUT2D eigenvalue weighted by Crippen LogP contribution is -2.71. The Balaban J connectivity index is 0.849. The number of ether oxygens (including phenoxy) is 12. The number of aliphatic hydroxyl groups excluding tert-OH is 18. The number of rotatable bonds is 16. The molecule has 37 atom stereocenters. The molecule has 6 saturated heterocycles. The van der Waals surface area contributed by atoms with Crippen molar-refractivity contribution in [3.63, 3.8) is 0 Å². The van der Waals surface area contributed by atoms with E-state index in [0.717, 1.165) is 5.57 Å². The number of carbonyl (C=O) groups is 1. The summed E-state index contributed by atoms with van der Waals surface area (Å²) in [6.07, 6.45) is -42.9. The van der Waals surface area contributed by atoms with Crippen LogP contribution in [0.5, 0.6) is 0 Å². The topological polar surface area (TPSA) is 512 Å². The average molecular weight is 1370 g/mol. The number of aliphatic hydroxyl groups is 19. The van der Waals surface area contributed by atoms with Crippen molar-refractivity contribution in [2.45, 2.75) is 277 Å². The summed E-state index contributed by atoms with van der Waals surface area (Å²) in [4.78, 5) is 15.7. The maximum atomic E-state index is 15.7. The van der Waals surface area contributed by atoms with Gasteiger partial charge in [-0.3, -0.25) is 4.79 Å². The van der Waals surface area contributed by atoms with Crippen molar-refractivity contribution in [2.75, 3.05) is 46.2 Å². The van der Waals surface area contributed by atoms with Gasteiger partial charge in [-0.2, -0.15) is 0 Å². The van der Waals surface area contributed by atoms with Crippen LogP contribution in [0.2, 0.25) is 0 Å². The van der Waals surface area contributed by atoms with Crippen molar-refractivity contribution in [1.82, 2.24) is 0 Å². The van der Waals surface area contributed by atoms with Crippen molar-refractivity contribution < 1.29 is 159 Å². The van der Waals surface area contributed by atoms with Crippen molar-refractivity contribution in [2.24, 2.45) is 50.2 Å². The molecular weight excluding hydrogens is 1270 g/mol. The molecule has 0 spiro atoms. The van der Waals surface area contributed by atoms with Crippen LogP contribution in [0.1, 0.15) is 99.8 Å². The molecular formula is C63H102O32. The van der Waals surface area contributed by atoms with Gasteiger partial charge in [-0.1, -0.05) is 53.2 Å². The van der Waals surface area contributed by atoms with Gasteiger partial charge in [-0.15, -0.1) is 0 Å². The molecule has 6 aliphatic heterocycles. The highest BCUT2D eigenvalue weighted by Crippen LogP contribution is 2.76. The molecule has 11 rings (SSSR count). The maximum absolute atomic E-state index is 15.7. The molecule has 37 unspecified atom stereocenters. The first kappa shape index (κ1) is 74.2. The van der Waals surface area contributed by atoms with E-state index >= 15 is 4.79 Å². The molecule has 0 aromatic carbocycles. The predicted molar refractivity (Wildman–Crippen MR) is 313 cm³/mol. The fourth-order valence-corrected chi connectivity index (χ4v) is 18.8. The van der Waals surface area contributed by atoms with Crippen LogP contribution >= 0.6 is 0 Å². The third kappa shape index (κ3) is 12.3. The van der Waals surface area contributed by atoms with Gasteiger partial charge in [0.25, 0.3) is 0 Å². The highest BCUT2D eigenvalue weighted by atomic mass is 16.8. The Kier molecular flexibility index (Phi) is 21.3. The lowest BCUT2D eigenvalue weighted by molar-refractivity contribution is -0.384. The van der Waals surface area contributed by atoms with Crippen molar-refractivity contribution in [1.29, 1.82) is 0 Å². The summed E-state index contributed by atoms with van der Waals surface area (Å²) in [5, 5.41) is 210. The first-order valence-electron chi connectivity index (χ1n) is 33.2. The van der Waals surface area contributed by atoms with Gasteiger partial charge in [0.2, 0.25) is 6.29 Å². The van der Waals surface area contributed by atoms with Crippen LogP contribution in [0.3, 0.4) is 0 Å². The van der Waals surface area contributed by atoms with Crippen molar-refractivity contribution >= 4 is 5.97 Å². The molecule has 6 heterocycles. The monoisotopic (exact) mass is 1370 g/mol. The zero-order chi connectivity index (χ0) is 69.4. The zero-order valence-electron chi connectivity index (χ0n) is 54.4.